The van der Waals surface area contributed by atoms with Gasteiger partial charge in [0.1, 0.15) is 29.3 Å². The van der Waals surface area contributed by atoms with Crippen molar-refractivity contribution in [2.24, 2.45) is 0 Å². The van der Waals surface area contributed by atoms with Crippen LogP contribution < -0.4 is 10.6 Å². The summed E-state index contributed by atoms with van der Waals surface area (Å²) in [5, 5.41) is 5.77. The number of hydrogen-bond acceptors (Lipinski definition) is 6. The van der Waals surface area contributed by atoms with Gasteiger partial charge in [-0.1, -0.05) is 105 Å². The Labute approximate surface area is 298 Å². The summed E-state index contributed by atoms with van der Waals surface area (Å²) in [5.41, 5.74) is 1.76. The smallest absolute Gasteiger partial charge is 0.408 e. The number of nitrogens with one attached hydrogen (secondary N) is 2. The van der Waals surface area contributed by atoms with Gasteiger partial charge in [0.25, 0.3) is 0 Å². The third-order valence-corrected chi connectivity index (χ3v) is 7.86. The Morgan fingerprint density at radius 1 is 0.660 bits per heavy atom. The number of benzene rings is 3. The molecule has 0 spiro atoms. The highest BCUT2D eigenvalue weighted by molar-refractivity contribution is 5.94. The monoisotopic (exact) mass is 685 g/mol. The number of carbonyl (C=O) groups excluding carboxylic acids is 4. The lowest BCUT2D eigenvalue weighted by Crippen LogP contribution is -2.55. The van der Waals surface area contributed by atoms with E-state index in [1.165, 1.54) is 4.90 Å². The van der Waals surface area contributed by atoms with Gasteiger partial charge in [-0.2, -0.15) is 0 Å². The van der Waals surface area contributed by atoms with Gasteiger partial charge in [-0.05, 0) is 76.6 Å². The normalized spacial score (nSPS) is 13.4. The Balaban J connectivity index is 2.10. The van der Waals surface area contributed by atoms with Gasteiger partial charge in [-0.15, -0.1) is 0 Å². The number of nitrogens with zero attached hydrogens (tertiary/aromatic N) is 1. The van der Waals surface area contributed by atoms with Crippen LogP contribution in [-0.2, 0) is 43.1 Å². The number of esters is 1. The number of alkyl carbamates (subject to hydrolysis) is 1. The van der Waals surface area contributed by atoms with Crippen molar-refractivity contribution in [2.75, 3.05) is 6.54 Å². The molecule has 3 atom stereocenters. The van der Waals surface area contributed by atoms with Crippen molar-refractivity contribution >= 4 is 23.9 Å². The summed E-state index contributed by atoms with van der Waals surface area (Å²) in [6.07, 6.45) is 1.80. The van der Waals surface area contributed by atoms with Crippen LogP contribution in [0.3, 0.4) is 0 Å². The number of aryl methyl sites for hydroxylation is 1. The van der Waals surface area contributed by atoms with Gasteiger partial charge < -0.3 is 25.0 Å². The number of ether oxygens (including phenoxy) is 2. The Bertz CT molecular complexity index is 1530. The molecule has 3 unspecified atom stereocenters. The zero-order valence-corrected chi connectivity index (χ0v) is 31.0. The van der Waals surface area contributed by atoms with E-state index in [1.54, 1.807) is 41.5 Å². The summed E-state index contributed by atoms with van der Waals surface area (Å²) in [7, 11) is 0. The van der Waals surface area contributed by atoms with Crippen LogP contribution in [0.1, 0.15) is 96.5 Å². The molecule has 0 saturated carbocycles. The SMILES string of the molecule is CCCCN(C(=O)C(Cc1ccccc1)NC(=O)OC(C)(C)C)C(C(=O)NC(Cc1ccccc1)C(=O)OC(C)(C)C)c1ccc(CC)cc1. The lowest BCUT2D eigenvalue weighted by Gasteiger charge is -2.35. The van der Waals surface area contributed by atoms with Gasteiger partial charge >= 0.3 is 12.1 Å². The highest BCUT2D eigenvalue weighted by Crippen LogP contribution is 2.26. The topological polar surface area (TPSA) is 114 Å². The molecule has 0 radical (unpaired) electrons. The molecule has 270 valence electrons. The first-order valence-electron chi connectivity index (χ1n) is 17.6. The molecule has 3 aromatic rings. The first-order chi connectivity index (χ1) is 23.6. The molecule has 2 N–H and O–H groups in total. The van der Waals surface area contributed by atoms with Gasteiger partial charge in [-0.25, -0.2) is 9.59 Å². The van der Waals surface area contributed by atoms with Gasteiger partial charge in [-0.3, -0.25) is 9.59 Å². The number of hydrogen-bond donors (Lipinski definition) is 2. The van der Waals surface area contributed by atoms with Crippen molar-refractivity contribution in [1.29, 1.82) is 0 Å². The standard InChI is InChI=1S/C41H55N3O6/c1-9-11-26-44(37(46)33(27-30-18-14-12-15-19-30)43-39(48)50-41(6,7)8)35(32-24-22-29(10-2)23-25-32)36(45)42-34(38(47)49-40(3,4)5)28-31-20-16-13-17-21-31/h12-25,33-35H,9-11,26-28H2,1-8H3,(H,42,45)(H,43,48). The number of carbonyl (C=O) groups is 4. The van der Waals surface area contributed by atoms with Crippen LogP contribution in [0.15, 0.2) is 84.9 Å². The summed E-state index contributed by atoms with van der Waals surface area (Å²) < 4.78 is 11.3. The summed E-state index contributed by atoms with van der Waals surface area (Å²) in [6.45, 7) is 14.9. The minimum atomic E-state index is -1.11. The van der Waals surface area contributed by atoms with Gasteiger partial charge in [0.15, 0.2) is 0 Å². The van der Waals surface area contributed by atoms with E-state index in [0.29, 0.717) is 12.0 Å². The predicted octanol–water partition coefficient (Wildman–Crippen LogP) is 7.12. The summed E-state index contributed by atoms with van der Waals surface area (Å²) in [4.78, 5) is 57.7. The van der Waals surface area contributed by atoms with E-state index in [2.05, 4.69) is 10.6 Å². The van der Waals surface area contributed by atoms with Crippen LogP contribution in [-0.4, -0.2) is 58.6 Å². The van der Waals surface area contributed by atoms with Crippen LogP contribution in [0, 0.1) is 0 Å². The van der Waals surface area contributed by atoms with E-state index in [1.807, 2.05) is 98.8 Å². The van der Waals surface area contributed by atoms with Gasteiger partial charge in [0.2, 0.25) is 11.8 Å². The molecule has 0 aliphatic rings. The summed E-state index contributed by atoms with van der Waals surface area (Å²) >= 11 is 0. The zero-order chi connectivity index (χ0) is 36.9. The van der Waals surface area contributed by atoms with E-state index in [9.17, 15) is 19.2 Å². The maximum atomic E-state index is 14.8. The third kappa shape index (κ3) is 13.0. The molecule has 0 aromatic heterocycles. The van der Waals surface area contributed by atoms with E-state index in [0.717, 1.165) is 29.5 Å². The number of amides is 3. The third-order valence-electron chi connectivity index (χ3n) is 7.86. The van der Waals surface area contributed by atoms with Gasteiger partial charge in [0.05, 0.1) is 0 Å². The van der Waals surface area contributed by atoms with Crippen molar-refractivity contribution in [1.82, 2.24) is 15.5 Å². The molecule has 50 heavy (non-hydrogen) atoms. The molecule has 0 fully saturated rings. The fraction of sp³-hybridized carbons (Fsp3) is 0.463. The molecule has 3 amide bonds. The molecule has 0 aliphatic heterocycles. The maximum absolute atomic E-state index is 14.8. The molecular weight excluding hydrogens is 630 g/mol. The lowest BCUT2D eigenvalue weighted by molar-refractivity contribution is -0.159. The van der Waals surface area contributed by atoms with Crippen molar-refractivity contribution < 1.29 is 28.7 Å². The van der Waals surface area contributed by atoms with Crippen LogP contribution in [0.4, 0.5) is 4.79 Å². The Hall–Kier alpha value is -4.66. The van der Waals surface area contributed by atoms with Crippen LogP contribution in [0.25, 0.3) is 0 Å². The lowest BCUT2D eigenvalue weighted by atomic mass is 9.98. The molecule has 0 aliphatic carbocycles. The first-order valence-corrected chi connectivity index (χ1v) is 17.6. The fourth-order valence-electron chi connectivity index (χ4n) is 5.47. The molecule has 3 rings (SSSR count). The summed E-state index contributed by atoms with van der Waals surface area (Å²) in [5.74, 6) is -1.54. The second kappa shape index (κ2) is 18.4. The molecule has 0 saturated heterocycles. The Kier molecular flexibility index (Phi) is 14.6. The van der Waals surface area contributed by atoms with Crippen LogP contribution >= 0.6 is 0 Å². The average molecular weight is 686 g/mol. The largest absolute Gasteiger partial charge is 0.458 e. The van der Waals surface area contributed by atoms with E-state index >= 15 is 0 Å². The van der Waals surface area contributed by atoms with E-state index in [-0.39, 0.29) is 19.4 Å². The Morgan fingerprint density at radius 2 is 1.18 bits per heavy atom. The Morgan fingerprint density at radius 3 is 1.66 bits per heavy atom. The number of rotatable bonds is 15. The molecule has 0 heterocycles. The molecule has 3 aromatic carbocycles. The van der Waals surface area contributed by atoms with Crippen molar-refractivity contribution in [3.8, 4) is 0 Å². The predicted molar refractivity (Wildman–Crippen MR) is 196 cm³/mol. The second-order valence-electron chi connectivity index (χ2n) is 14.6. The van der Waals surface area contributed by atoms with E-state index < -0.39 is 53.2 Å². The molecule has 0 bridgehead atoms. The minimum Gasteiger partial charge on any atom is -0.458 e. The van der Waals surface area contributed by atoms with Gasteiger partial charge in [0, 0.05) is 19.4 Å². The van der Waals surface area contributed by atoms with Crippen LogP contribution in [0.5, 0.6) is 0 Å². The molecule has 9 heteroatoms. The number of unbranched alkanes of at least 4 members (excludes halogenated alkanes) is 1. The van der Waals surface area contributed by atoms with Crippen molar-refractivity contribution in [3.05, 3.63) is 107 Å². The average Bonchev–Trinajstić information content (AvgIpc) is 3.05. The van der Waals surface area contributed by atoms with Crippen LogP contribution in [0.2, 0.25) is 0 Å². The second-order valence-corrected chi connectivity index (χ2v) is 14.6. The van der Waals surface area contributed by atoms with Crippen molar-refractivity contribution in [3.63, 3.8) is 0 Å². The van der Waals surface area contributed by atoms with E-state index in [4.69, 9.17) is 9.47 Å². The zero-order valence-electron chi connectivity index (χ0n) is 31.0. The molecule has 9 nitrogen and oxygen atoms in total. The highest BCUT2D eigenvalue weighted by Gasteiger charge is 2.38. The quantitative estimate of drug-likeness (QED) is 0.165. The first kappa shape index (κ1) is 39.8. The molecular formula is C41H55N3O6. The fourth-order valence-corrected chi connectivity index (χ4v) is 5.47. The maximum Gasteiger partial charge on any atom is 0.408 e. The highest BCUT2D eigenvalue weighted by atomic mass is 16.6. The van der Waals surface area contributed by atoms with Crippen molar-refractivity contribution in [2.45, 2.75) is 117 Å². The summed E-state index contributed by atoms with van der Waals surface area (Å²) in [6, 6.07) is 23.2. The minimum absolute atomic E-state index is 0.180.